The summed E-state index contributed by atoms with van der Waals surface area (Å²) < 4.78 is 6.96. The fraction of sp³-hybridized carbons (Fsp3) is 0.286. The van der Waals surface area contributed by atoms with Crippen molar-refractivity contribution in [2.75, 3.05) is 18.6 Å². The molecule has 138 valence electrons. The smallest absolute Gasteiger partial charge is 0.255 e. The van der Waals surface area contributed by atoms with Crippen molar-refractivity contribution >= 4 is 11.9 Å². The van der Waals surface area contributed by atoms with Crippen molar-refractivity contribution in [3.63, 3.8) is 0 Å². The topological polar surface area (TPSA) is 60.2 Å². The molecule has 3 aromatic rings. The Morgan fingerprint density at radius 3 is 2.48 bits per heavy atom. The number of rotatable bonds is 4. The molecular formula is C21H22N4O2. The summed E-state index contributed by atoms with van der Waals surface area (Å²) in [7, 11) is 1.53. The molecule has 6 nitrogen and oxygen atoms in total. The average Bonchev–Trinajstić information content (AvgIpc) is 3.18. The second-order valence-corrected chi connectivity index (χ2v) is 6.79. The first-order valence-corrected chi connectivity index (χ1v) is 9.01. The minimum absolute atomic E-state index is 0.00518. The summed E-state index contributed by atoms with van der Waals surface area (Å²) in [6.07, 6.45) is 2.23. The van der Waals surface area contributed by atoms with Gasteiger partial charge in [-0.15, -0.1) is 0 Å². The van der Waals surface area contributed by atoms with Gasteiger partial charge in [-0.25, -0.2) is 4.68 Å². The highest BCUT2D eigenvalue weighted by Crippen LogP contribution is 2.41. The molecule has 0 spiro atoms. The molecule has 1 aromatic heterocycles. The van der Waals surface area contributed by atoms with Crippen molar-refractivity contribution in [2.24, 2.45) is 0 Å². The molecule has 1 aliphatic rings. The van der Waals surface area contributed by atoms with Gasteiger partial charge in [0.1, 0.15) is 12.9 Å². The van der Waals surface area contributed by atoms with E-state index in [1.54, 1.807) is 4.90 Å². The molecule has 2 heterocycles. The lowest BCUT2D eigenvalue weighted by atomic mass is 9.91. The molecule has 0 bridgehead atoms. The molecule has 0 N–H and O–H groups in total. The SMILES string of the molecule is COCC(=O)N1c2ncnn2[C@H](c2ccccc2)C[C@@H]1c1ccc(C)cc1. The van der Waals surface area contributed by atoms with Crippen LogP contribution in [0.3, 0.4) is 0 Å². The van der Waals surface area contributed by atoms with E-state index < -0.39 is 0 Å². The normalized spacial score (nSPS) is 19.0. The van der Waals surface area contributed by atoms with Gasteiger partial charge in [-0.1, -0.05) is 60.2 Å². The van der Waals surface area contributed by atoms with Crippen LogP contribution in [0.5, 0.6) is 0 Å². The Hall–Kier alpha value is -2.99. The van der Waals surface area contributed by atoms with Crippen LogP contribution in [0.25, 0.3) is 0 Å². The predicted octanol–water partition coefficient (Wildman–Crippen LogP) is 3.30. The van der Waals surface area contributed by atoms with E-state index in [9.17, 15) is 4.79 Å². The third-order valence-corrected chi connectivity index (χ3v) is 5.01. The lowest BCUT2D eigenvalue weighted by Gasteiger charge is -2.39. The summed E-state index contributed by atoms with van der Waals surface area (Å²) in [4.78, 5) is 19.0. The lowest BCUT2D eigenvalue weighted by molar-refractivity contribution is -0.123. The highest BCUT2D eigenvalue weighted by atomic mass is 16.5. The van der Waals surface area contributed by atoms with Crippen LogP contribution in [0.4, 0.5) is 5.95 Å². The number of methoxy groups -OCH3 is 1. The van der Waals surface area contributed by atoms with Gasteiger partial charge < -0.3 is 4.74 Å². The second-order valence-electron chi connectivity index (χ2n) is 6.79. The molecule has 6 heteroatoms. The van der Waals surface area contributed by atoms with Gasteiger partial charge in [0, 0.05) is 7.11 Å². The van der Waals surface area contributed by atoms with Gasteiger partial charge >= 0.3 is 0 Å². The number of aromatic nitrogens is 3. The van der Waals surface area contributed by atoms with Gasteiger partial charge in [0.15, 0.2) is 0 Å². The van der Waals surface area contributed by atoms with E-state index in [-0.39, 0.29) is 24.6 Å². The number of amides is 1. The van der Waals surface area contributed by atoms with Gasteiger partial charge in [0.05, 0.1) is 12.1 Å². The molecule has 0 unspecified atom stereocenters. The number of anilines is 1. The summed E-state index contributed by atoms with van der Waals surface area (Å²) in [5.74, 6) is 0.437. The first kappa shape index (κ1) is 17.4. The summed E-state index contributed by atoms with van der Waals surface area (Å²) in [5.41, 5.74) is 3.42. The van der Waals surface area contributed by atoms with Crippen molar-refractivity contribution in [2.45, 2.75) is 25.4 Å². The van der Waals surface area contributed by atoms with Crippen LogP contribution in [0.2, 0.25) is 0 Å². The maximum Gasteiger partial charge on any atom is 0.255 e. The number of hydrogen-bond donors (Lipinski definition) is 0. The van der Waals surface area contributed by atoms with E-state index in [4.69, 9.17) is 4.74 Å². The third-order valence-electron chi connectivity index (χ3n) is 5.01. The quantitative estimate of drug-likeness (QED) is 0.714. The predicted molar refractivity (Wildman–Crippen MR) is 103 cm³/mol. The highest BCUT2D eigenvalue weighted by molar-refractivity contribution is 5.93. The average molecular weight is 362 g/mol. The number of ether oxygens (including phenoxy) is 1. The largest absolute Gasteiger partial charge is 0.375 e. The molecule has 0 fully saturated rings. The highest BCUT2D eigenvalue weighted by Gasteiger charge is 2.39. The fourth-order valence-electron chi connectivity index (χ4n) is 3.70. The van der Waals surface area contributed by atoms with Crippen LogP contribution in [-0.4, -0.2) is 34.4 Å². The van der Waals surface area contributed by atoms with E-state index in [1.807, 2.05) is 22.9 Å². The van der Waals surface area contributed by atoms with Gasteiger partial charge in [-0.2, -0.15) is 10.1 Å². The number of aryl methyl sites for hydroxylation is 1. The Balaban J connectivity index is 1.82. The number of hydrogen-bond acceptors (Lipinski definition) is 4. The number of carbonyl (C=O) groups excluding carboxylic acids is 1. The van der Waals surface area contributed by atoms with E-state index in [0.717, 1.165) is 17.5 Å². The summed E-state index contributed by atoms with van der Waals surface area (Å²) in [5, 5.41) is 4.42. The summed E-state index contributed by atoms with van der Waals surface area (Å²) >= 11 is 0. The van der Waals surface area contributed by atoms with E-state index >= 15 is 0 Å². The summed E-state index contributed by atoms with van der Waals surface area (Å²) in [6.45, 7) is 2.06. The van der Waals surface area contributed by atoms with Gasteiger partial charge in [-0.3, -0.25) is 9.69 Å². The number of benzene rings is 2. The second kappa shape index (κ2) is 7.32. The number of nitrogens with zero attached hydrogens (tertiary/aromatic N) is 4. The zero-order valence-corrected chi connectivity index (χ0v) is 15.4. The van der Waals surface area contributed by atoms with Crippen molar-refractivity contribution in [1.82, 2.24) is 14.8 Å². The molecule has 0 aliphatic carbocycles. The van der Waals surface area contributed by atoms with Gasteiger partial charge in [0.2, 0.25) is 5.95 Å². The molecule has 0 saturated carbocycles. The minimum atomic E-state index is -0.129. The lowest BCUT2D eigenvalue weighted by Crippen LogP contribution is -2.44. The van der Waals surface area contributed by atoms with E-state index in [1.165, 1.54) is 19.0 Å². The fourth-order valence-corrected chi connectivity index (χ4v) is 3.70. The first-order chi connectivity index (χ1) is 13.2. The molecule has 1 amide bonds. The summed E-state index contributed by atoms with van der Waals surface area (Å²) in [6, 6.07) is 18.4. The van der Waals surface area contributed by atoms with Crippen LogP contribution in [0.15, 0.2) is 60.9 Å². The van der Waals surface area contributed by atoms with Crippen LogP contribution >= 0.6 is 0 Å². The standard InChI is InChI=1S/C21H22N4O2/c1-15-8-10-17(11-9-15)18-12-19(16-6-4-3-5-7-16)25-21(22-14-23-25)24(18)20(26)13-27-2/h3-11,14,18-19H,12-13H2,1-2H3/t18-,19+/m1/s1. The van der Waals surface area contributed by atoms with E-state index in [2.05, 4.69) is 53.4 Å². The first-order valence-electron chi connectivity index (χ1n) is 9.01. The maximum atomic E-state index is 12.9. The molecule has 2 atom stereocenters. The molecule has 27 heavy (non-hydrogen) atoms. The van der Waals surface area contributed by atoms with Crippen molar-refractivity contribution in [1.29, 1.82) is 0 Å². The number of fused-ring (bicyclic) bond motifs is 1. The Kier molecular flexibility index (Phi) is 4.73. The Morgan fingerprint density at radius 2 is 1.78 bits per heavy atom. The van der Waals surface area contributed by atoms with Crippen LogP contribution < -0.4 is 4.90 Å². The third kappa shape index (κ3) is 3.24. The van der Waals surface area contributed by atoms with E-state index in [0.29, 0.717) is 5.95 Å². The zero-order valence-electron chi connectivity index (χ0n) is 15.4. The van der Waals surface area contributed by atoms with Crippen molar-refractivity contribution < 1.29 is 9.53 Å². The molecule has 1 aliphatic heterocycles. The van der Waals surface area contributed by atoms with Crippen molar-refractivity contribution in [3.8, 4) is 0 Å². The molecule has 4 rings (SSSR count). The Morgan fingerprint density at radius 1 is 1.07 bits per heavy atom. The Labute approximate surface area is 158 Å². The van der Waals surface area contributed by atoms with Gasteiger partial charge in [0.25, 0.3) is 5.91 Å². The number of carbonyl (C=O) groups is 1. The Bertz CT molecular complexity index is 921. The molecule has 2 aromatic carbocycles. The molecule has 0 saturated heterocycles. The van der Waals surface area contributed by atoms with Crippen molar-refractivity contribution in [3.05, 3.63) is 77.6 Å². The molecule has 0 radical (unpaired) electrons. The van der Waals surface area contributed by atoms with Gasteiger partial charge in [-0.05, 0) is 24.5 Å². The zero-order chi connectivity index (χ0) is 18.8. The van der Waals surface area contributed by atoms with Crippen LogP contribution in [0, 0.1) is 6.92 Å². The minimum Gasteiger partial charge on any atom is -0.375 e. The van der Waals surface area contributed by atoms with Crippen LogP contribution in [-0.2, 0) is 9.53 Å². The monoisotopic (exact) mass is 362 g/mol. The molecular weight excluding hydrogens is 340 g/mol. The van der Waals surface area contributed by atoms with Crippen LogP contribution in [0.1, 0.15) is 35.2 Å². The maximum absolute atomic E-state index is 12.9.